The SMILES string of the molecule is Cc1ncc(C=O)cc1I. The number of halogens is 1. The van der Waals surface area contributed by atoms with Crippen LogP contribution in [0.3, 0.4) is 0 Å². The van der Waals surface area contributed by atoms with E-state index in [1.165, 1.54) is 0 Å². The van der Waals surface area contributed by atoms with Crippen molar-refractivity contribution < 1.29 is 4.79 Å². The van der Waals surface area contributed by atoms with Crippen molar-refractivity contribution in [1.82, 2.24) is 4.98 Å². The van der Waals surface area contributed by atoms with E-state index in [0.717, 1.165) is 15.6 Å². The van der Waals surface area contributed by atoms with Gasteiger partial charge >= 0.3 is 0 Å². The maximum Gasteiger partial charge on any atom is 0.151 e. The van der Waals surface area contributed by atoms with Crippen LogP contribution >= 0.6 is 22.6 Å². The summed E-state index contributed by atoms with van der Waals surface area (Å²) in [6.07, 6.45) is 2.37. The minimum atomic E-state index is 0.634. The zero-order chi connectivity index (χ0) is 7.56. The van der Waals surface area contributed by atoms with Crippen LogP contribution in [0, 0.1) is 10.5 Å². The fourth-order valence-electron chi connectivity index (χ4n) is 0.586. The van der Waals surface area contributed by atoms with Crippen molar-refractivity contribution >= 4 is 28.9 Å². The highest BCUT2D eigenvalue weighted by molar-refractivity contribution is 14.1. The van der Waals surface area contributed by atoms with Crippen LogP contribution in [0.25, 0.3) is 0 Å². The number of hydrogen-bond acceptors (Lipinski definition) is 2. The quantitative estimate of drug-likeness (QED) is 0.559. The largest absolute Gasteiger partial charge is 0.298 e. The highest BCUT2D eigenvalue weighted by Crippen LogP contribution is 2.08. The van der Waals surface area contributed by atoms with Crippen LogP contribution in [0.15, 0.2) is 12.3 Å². The number of rotatable bonds is 1. The predicted octanol–water partition coefficient (Wildman–Crippen LogP) is 1.81. The first-order chi connectivity index (χ1) is 4.74. The molecular weight excluding hydrogens is 241 g/mol. The summed E-state index contributed by atoms with van der Waals surface area (Å²) < 4.78 is 1.03. The highest BCUT2D eigenvalue weighted by atomic mass is 127. The smallest absolute Gasteiger partial charge is 0.151 e. The van der Waals surface area contributed by atoms with Gasteiger partial charge in [-0.2, -0.15) is 0 Å². The molecule has 0 saturated carbocycles. The maximum absolute atomic E-state index is 10.2. The van der Waals surface area contributed by atoms with E-state index in [2.05, 4.69) is 27.6 Å². The van der Waals surface area contributed by atoms with Gasteiger partial charge in [-0.25, -0.2) is 0 Å². The molecule has 0 spiro atoms. The number of aromatic nitrogens is 1. The van der Waals surface area contributed by atoms with E-state index in [-0.39, 0.29) is 0 Å². The number of nitrogens with zero attached hydrogens (tertiary/aromatic N) is 1. The van der Waals surface area contributed by atoms with Gasteiger partial charge in [-0.05, 0) is 35.6 Å². The van der Waals surface area contributed by atoms with Crippen LogP contribution in [0.2, 0.25) is 0 Å². The van der Waals surface area contributed by atoms with Gasteiger partial charge < -0.3 is 0 Å². The summed E-state index contributed by atoms with van der Waals surface area (Å²) in [5, 5.41) is 0. The number of aryl methyl sites for hydroxylation is 1. The lowest BCUT2D eigenvalue weighted by atomic mass is 10.3. The highest BCUT2D eigenvalue weighted by Gasteiger charge is 1.95. The molecule has 0 N–H and O–H groups in total. The summed E-state index contributed by atoms with van der Waals surface area (Å²) in [4.78, 5) is 14.2. The molecule has 1 aromatic rings. The first-order valence-electron chi connectivity index (χ1n) is 2.81. The molecule has 52 valence electrons. The van der Waals surface area contributed by atoms with E-state index in [9.17, 15) is 4.79 Å². The molecule has 0 saturated heterocycles. The van der Waals surface area contributed by atoms with Gasteiger partial charge in [0.15, 0.2) is 6.29 Å². The summed E-state index contributed by atoms with van der Waals surface area (Å²) in [6, 6.07) is 1.82. The lowest BCUT2D eigenvalue weighted by Gasteiger charge is -1.95. The maximum atomic E-state index is 10.2. The second-order valence-corrected chi connectivity index (χ2v) is 3.12. The molecule has 0 atom stereocenters. The van der Waals surface area contributed by atoms with Crippen LogP contribution in [-0.2, 0) is 0 Å². The molecule has 1 rings (SSSR count). The molecule has 0 aliphatic rings. The Morgan fingerprint density at radius 2 is 2.40 bits per heavy atom. The number of carbonyl (C=O) groups excluding carboxylic acids is 1. The van der Waals surface area contributed by atoms with Gasteiger partial charge in [0.1, 0.15) is 0 Å². The molecule has 10 heavy (non-hydrogen) atoms. The van der Waals surface area contributed by atoms with Gasteiger partial charge in [0.05, 0.1) is 5.69 Å². The molecule has 0 fully saturated rings. The van der Waals surface area contributed by atoms with Crippen molar-refractivity contribution in [1.29, 1.82) is 0 Å². The Kier molecular flexibility index (Phi) is 2.37. The predicted molar refractivity (Wildman–Crippen MR) is 47.1 cm³/mol. The first kappa shape index (κ1) is 7.65. The third-order valence-corrected chi connectivity index (χ3v) is 2.27. The van der Waals surface area contributed by atoms with Crippen LogP contribution < -0.4 is 0 Å². The molecule has 2 nitrogen and oxygen atoms in total. The van der Waals surface area contributed by atoms with Crippen LogP contribution in [0.5, 0.6) is 0 Å². The molecule has 0 aliphatic heterocycles. The van der Waals surface area contributed by atoms with E-state index in [0.29, 0.717) is 5.56 Å². The standard InChI is InChI=1S/C7H6INO/c1-5-7(8)2-6(4-10)3-9-5/h2-4H,1H3. The van der Waals surface area contributed by atoms with E-state index in [1.807, 2.05) is 13.0 Å². The Morgan fingerprint density at radius 1 is 1.70 bits per heavy atom. The Bertz CT molecular complexity index is 260. The van der Waals surface area contributed by atoms with Gasteiger partial charge in [0, 0.05) is 15.3 Å². The Balaban J connectivity index is 3.16. The summed E-state index contributed by atoms with van der Waals surface area (Å²) >= 11 is 2.15. The molecule has 3 heteroatoms. The second-order valence-electron chi connectivity index (χ2n) is 1.95. The molecule has 1 heterocycles. The minimum absolute atomic E-state index is 0.634. The summed E-state index contributed by atoms with van der Waals surface area (Å²) in [7, 11) is 0. The lowest BCUT2D eigenvalue weighted by molar-refractivity contribution is 0.112. The fourth-order valence-corrected chi connectivity index (χ4v) is 1.08. The minimum Gasteiger partial charge on any atom is -0.298 e. The Hall–Kier alpha value is -0.450. The summed E-state index contributed by atoms with van der Waals surface area (Å²) in [6.45, 7) is 1.91. The van der Waals surface area contributed by atoms with E-state index in [1.54, 1.807) is 6.20 Å². The Labute approximate surface area is 72.8 Å². The average molecular weight is 247 g/mol. The number of pyridine rings is 1. The van der Waals surface area contributed by atoms with Gasteiger partial charge in [0.25, 0.3) is 0 Å². The molecule has 0 bridgehead atoms. The van der Waals surface area contributed by atoms with E-state index in [4.69, 9.17) is 0 Å². The van der Waals surface area contributed by atoms with Gasteiger partial charge in [-0.3, -0.25) is 9.78 Å². The van der Waals surface area contributed by atoms with Crippen molar-refractivity contribution in [3.63, 3.8) is 0 Å². The van der Waals surface area contributed by atoms with Crippen LogP contribution in [0.4, 0.5) is 0 Å². The average Bonchev–Trinajstić information content (AvgIpc) is 1.95. The molecule has 1 aromatic heterocycles. The number of carbonyl (C=O) groups is 1. The molecule has 0 aromatic carbocycles. The zero-order valence-electron chi connectivity index (χ0n) is 5.47. The molecule has 0 radical (unpaired) electrons. The van der Waals surface area contributed by atoms with Crippen LogP contribution in [0.1, 0.15) is 16.1 Å². The van der Waals surface area contributed by atoms with Crippen LogP contribution in [-0.4, -0.2) is 11.3 Å². The monoisotopic (exact) mass is 247 g/mol. The van der Waals surface area contributed by atoms with Crippen molar-refractivity contribution in [3.8, 4) is 0 Å². The molecular formula is C7H6INO. The summed E-state index contributed by atoms with van der Waals surface area (Å²) in [5.41, 5.74) is 1.60. The Morgan fingerprint density at radius 3 is 2.90 bits per heavy atom. The third kappa shape index (κ3) is 1.53. The third-order valence-electron chi connectivity index (χ3n) is 1.18. The normalized spacial score (nSPS) is 9.40. The molecule has 0 aliphatic carbocycles. The van der Waals surface area contributed by atoms with Crippen molar-refractivity contribution in [2.24, 2.45) is 0 Å². The van der Waals surface area contributed by atoms with Crippen molar-refractivity contribution in [2.45, 2.75) is 6.92 Å². The van der Waals surface area contributed by atoms with Gasteiger partial charge in [-0.1, -0.05) is 0 Å². The summed E-state index contributed by atoms with van der Waals surface area (Å²) in [5.74, 6) is 0. The second kappa shape index (κ2) is 3.09. The number of aldehydes is 1. The topological polar surface area (TPSA) is 30.0 Å². The van der Waals surface area contributed by atoms with Gasteiger partial charge in [-0.15, -0.1) is 0 Å². The first-order valence-corrected chi connectivity index (χ1v) is 3.89. The number of hydrogen-bond donors (Lipinski definition) is 0. The van der Waals surface area contributed by atoms with E-state index < -0.39 is 0 Å². The molecule has 0 amide bonds. The van der Waals surface area contributed by atoms with Crippen molar-refractivity contribution in [3.05, 3.63) is 27.1 Å². The van der Waals surface area contributed by atoms with Gasteiger partial charge in [0.2, 0.25) is 0 Å². The molecule has 0 unspecified atom stereocenters. The fraction of sp³-hybridized carbons (Fsp3) is 0.143. The lowest BCUT2D eigenvalue weighted by Crippen LogP contribution is -1.88. The van der Waals surface area contributed by atoms with Crippen molar-refractivity contribution in [2.75, 3.05) is 0 Å². The zero-order valence-corrected chi connectivity index (χ0v) is 7.62. The van der Waals surface area contributed by atoms with E-state index >= 15 is 0 Å².